The molecular formula is C12H20N4O2. The van der Waals surface area contributed by atoms with Gasteiger partial charge in [-0.05, 0) is 12.3 Å². The molecule has 1 fully saturated rings. The van der Waals surface area contributed by atoms with Gasteiger partial charge in [-0.3, -0.25) is 9.48 Å². The van der Waals surface area contributed by atoms with Crippen molar-refractivity contribution >= 4 is 11.7 Å². The predicted octanol–water partition coefficient (Wildman–Crippen LogP) is 0.499. The number of nitrogens with two attached hydrogens (primary N) is 1. The largest absolute Gasteiger partial charge is 0.383 e. The summed E-state index contributed by atoms with van der Waals surface area (Å²) in [5.74, 6) is 0.826. The van der Waals surface area contributed by atoms with Crippen LogP contribution in [-0.2, 0) is 11.8 Å². The standard InChI is InChI=1S/C12H20N4O2/c1-8-4-5-16(7-10(8)18-3)12(17)9-6-14-15(2)11(9)13/h6,8,10H,4-5,7,13H2,1-3H3. The number of rotatable bonds is 2. The van der Waals surface area contributed by atoms with Crippen LogP contribution in [0.5, 0.6) is 0 Å². The maximum Gasteiger partial charge on any atom is 0.259 e. The molecular weight excluding hydrogens is 232 g/mol. The molecule has 0 radical (unpaired) electrons. The van der Waals surface area contributed by atoms with Crippen molar-refractivity contribution in [3.05, 3.63) is 11.8 Å². The summed E-state index contributed by atoms with van der Waals surface area (Å²) in [7, 11) is 3.41. The number of aryl methyl sites for hydroxylation is 1. The molecule has 0 spiro atoms. The smallest absolute Gasteiger partial charge is 0.259 e. The maximum absolute atomic E-state index is 12.3. The van der Waals surface area contributed by atoms with Gasteiger partial charge in [0.15, 0.2) is 0 Å². The van der Waals surface area contributed by atoms with Gasteiger partial charge >= 0.3 is 0 Å². The second-order valence-electron chi connectivity index (χ2n) is 4.86. The van der Waals surface area contributed by atoms with Gasteiger partial charge in [0.05, 0.1) is 12.3 Å². The lowest BCUT2D eigenvalue weighted by Gasteiger charge is -2.36. The molecule has 2 rings (SSSR count). The Kier molecular flexibility index (Phi) is 3.56. The van der Waals surface area contributed by atoms with Crippen LogP contribution in [0.2, 0.25) is 0 Å². The molecule has 1 amide bonds. The van der Waals surface area contributed by atoms with Crippen LogP contribution < -0.4 is 5.73 Å². The Morgan fingerprint density at radius 3 is 2.89 bits per heavy atom. The molecule has 2 atom stereocenters. The van der Waals surface area contributed by atoms with E-state index in [0.29, 0.717) is 23.8 Å². The van der Waals surface area contributed by atoms with Gasteiger partial charge in [0.25, 0.3) is 5.91 Å². The molecule has 1 saturated heterocycles. The van der Waals surface area contributed by atoms with E-state index in [1.165, 1.54) is 10.9 Å². The van der Waals surface area contributed by atoms with Gasteiger partial charge in [-0.1, -0.05) is 6.92 Å². The van der Waals surface area contributed by atoms with Crippen LogP contribution in [-0.4, -0.2) is 46.9 Å². The Hall–Kier alpha value is -1.56. The number of carbonyl (C=O) groups is 1. The van der Waals surface area contributed by atoms with Crippen LogP contribution in [0.25, 0.3) is 0 Å². The van der Waals surface area contributed by atoms with Crippen molar-refractivity contribution in [2.45, 2.75) is 19.4 Å². The highest BCUT2D eigenvalue weighted by Gasteiger charge is 2.30. The van der Waals surface area contributed by atoms with Crippen molar-refractivity contribution in [2.75, 3.05) is 25.9 Å². The Morgan fingerprint density at radius 1 is 1.61 bits per heavy atom. The van der Waals surface area contributed by atoms with Gasteiger partial charge in [-0.2, -0.15) is 5.10 Å². The molecule has 1 aromatic rings. The van der Waals surface area contributed by atoms with Crippen LogP contribution in [0.1, 0.15) is 23.7 Å². The number of hydrogen-bond donors (Lipinski definition) is 1. The summed E-state index contributed by atoms with van der Waals surface area (Å²) in [6, 6.07) is 0. The zero-order chi connectivity index (χ0) is 13.3. The fraction of sp³-hybridized carbons (Fsp3) is 0.667. The lowest BCUT2D eigenvalue weighted by molar-refractivity contribution is -0.00153. The van der Waals surface area contributed by atoms with Crippen LogP contribution in [0.3, 0.4) is 0 Å². The molecule has 1 aliphatic rings. The number of piperidine rings is 1. The fourth-order valence-electron chi connectivity index (χ4n) is 2.31. The molecule has 0 saturated carbocycles. The van der Waals surface area contributed by atoms with Crippen molar-refractivity contribution in [1.82, 2.24) is 14.7 Å². The average Bonchev–Trinajstić information content (AvgIpc) is 2.70. The Balaban J connectivity index is 2.12. The third kappa shape index (κ3) is 2.20. The van der Waals surface area contributed by atoms with E-state index in [2.05, 4.69) is 12.0 Å². The van der Waals surface area contributed by atoms with Gasteiger partial charge in [-0.15, -0.1) is 0 Å². The summed E-state index contributed by atoms with van der Waals surface area (Å²) >= 11 is 0. The van der Waals surface area contributed by atoms with E-state index in [1.54, 1.807) is 19.1 Å². The summed E-state index contributed by atoms with van der Waals surface area (Å²) in [5.41, 5.74) is 6.30. The Morgan fingerprint density at radius 2 is 2.33 bits per heavy atom. The Bertz CT molecular complexity index is 443. The van der Waals surface area contributed by atoms with Gasteiger partial charge in [0, 0.05) is 27.2 Å². The number of aromatic nitrogens is 2. The zero-order valence-electron chi connectivity index (χ0n) is 11.1. The number of methoxy groups -OCH3 is 1. The number of carbonyl (C=O) groups excluding carboxylic acids is 1. The number of nitrogens with zero attached hydrogens (tertiary/aromatic N) is 3. The molecule has 6 nitrogen and oxygen atoms in total. The first-order chi connectivity index (χ1) is 8.54. The third-order valence-electron chi connectivity index (χ3n) is 3.69. The SMILES string of the molecule is COC1CN(C(=O)c2cnn(C)c2N)CCC1C. The molecule has 18 heavy (non-hydrogen) atoms. The van der Waals surface area contributed by atoms with E-state index in [9.17, 15) is 4.79 Å². The summed E-state index contributed by atoms with van der Waals surface area (Å²) in [6.45, 7) is 3.51. The first-order valence-electron chi connectivity index (χ1n) is 6.14. The lowest BCUT2D eigenvalue weighted by Crippen LogP contribution is -2.46. The number of hydrogen-bond acceptors (Lipinski definition) is 4. The first-order valence-corrected chi connectivity index (χ1v) is 6.14. The van der Waals surface area contributed by atoms with E-state index < -0.39 is 0 Å². The molecule has 2 unspecified atom stereocenters. The van der Waals surface area contributed by atoms with E-state index in [1.807, 2.05) is 0 Å². The van der Waals surface area contributed by atoms with Gasteiger partial charge in [-0.25, -0.2) is 0 Å². The normalized spacial score (nSPS) is 24.3. The number of likely N-dealkylation sites (tertiary alicyclic amines) is 1. The highest BCUT2D eigenvalue weighted by molar-refractivity contribution is 5.98. The van der Waals surface area contributed by atoms with Gasteiger partial charge in [0.2, 0.25) is 0 Å². The first kappa shape index (κ1) is 12.9. The minimum atomic E-state index is -0.0606. The van der Waals surface area contributed by atoms with E-state index in [-0.39, 0.29) is 12.0 Å². The Labute approximate surface area is 107 Å². The molecule has 2 N–H and O–H groups in total. The van der Waals surface area contributed by atoms with Crippen molar-refractivity contribution in [3.8, 4) is 0 Å². The lowest BCUT2D eigenvalue weighted by atomic mass is 9.95. The van der Waals surface area contributed by atoms with Crippen molar-refractivity contribution < 1.29 is 9.53 Å². The van der Waals surface area contributed by atoms with Gasteiger partial charge in [0.1, 0.15) is 11.4 Å². The number of nitrogen functional groups attached to an aromatic ring is 1. The summed E-state index contributed by atoms with van der Waals surface area (Å²) in [4.78, 5) is 14.1. The second-order valence-corrected chi connectivity index (χ2v) is 4.86. The van der Waals surface area contributed by atoms with Gasteiger partial charge < -0.3 is 15.4 Å². The molecule has 1 aliphatic heterocycles. The molecule has 0 aromatic carbocycles. The highest BCUT2D eigenvalue weighted by atomic mass is 16.5. The van der Waals surface area contributed by atoms with Crippen LogP contribution in [0, 0.1) is 5.92 Å². The van der Waals surface area contributed by atoms with Crippen molar-refractivity contribution in [1.29, 1.82) is 0 Å². The topological polar surface area (TPSA) is 73.4 Å². The highest BCUT2D eigenvalue weighted by Crippen LogP contribution is 2.22. The monoisotopic (exact) mass is 252 g/mol. The van der Waals surface area contributed by atoms with E-state index in [0.717, 1.165) is 13.0 Å². The summed E-state index contributed by atoms with van der Waals surface area (Å²) in [5, 5.41) is 4.00. The molecule has 0 aliphatic carbocycles. The third-order valence-corrected chi connectivity index (χ3v) is 3.69. The maximum atomic E-state index is 12.3. The molecule has 1 aromatic heterocycles. The second kappa shape index (κ2) is 4.97. The number of anilines is 1. The predicted molar refractivity (Wildman–Crippen MR) is 68.1 cm³/mol. The minimum Gasteiger partial charge on any atom is -0.383 e. The average molecular weight is 252 g/mol. The zero-order valence-corrected chi connectivity index (χ0v) is 11.1. The quantitative estimate of drug-likeness (QED) is 0.831. The number of amides is 1. The van der Waals surface area contributed by atoms with E-state index in [4.69, 9.17) is 10.5 Å². The van der Waals surface area contributed by atoms with E-state index >= 15 is 0 Å². The summed E-state index contributed by atoms with van der Waals surface area (Å²) < 4.78 is 6.92. The van der Waals surface area contributed by atoms with Crippen LogP contribution in [0.4, 0.5) is 5.82 Å². The molecule has 0 bridgehead atoms. The molecule has 2 heterocycles. The minimum absolute atomic E-state index is 0.0606. The van der Waals surface area contributed by atoms with Crippen LogP contribution >= 0.6 is 0 Å². The van der Waals surface area contributed by atoms with Crippen LogP contribution in [0.15, 0.2) is 6.20 Å². The fourth-order valence-corrected chi connectivity index (χ4v) is 2.31. The number of ether oxygens (including phenoxy) is 1. The van der Waals surface area contributed by atoms with Crippen molar-refractivity contribution in [3.63, 3.8) is 0 Å². The summed E-state index contributed by atoms with van der Waals surface area (Å²) in [6.07, 6.45) is 2.57. The molecule has 6 heteroatoms. The van der Waals surface area contributed by atoms with Crippen molar-refractivity contribution in [2.24, 2.45) is 13.0 Å². The molecule has 100 valence electrons.